The van der Waals surface area contributed by atoms with Crippen LogP contribution in [0.4, 0.5) is 0 Å². The Balaban J connectivity index is 2.13. The summed E-state index contributed by atoms with van der Waals surface area (Å²) in [5.41, 5.74) is 0.369. The molecule has 0 N–H and O–H groups in total. The van der Waals surface area contributed by atoms with E-state index in [1.165, 1.54) is 18.6 Å². The van der Waals surface area contributed by atoms with E-state index in [0.29, 0.717) is 25.6 Å². The van der Waals surface area contributed by atoms with Crippen molar-refractivity contribution < 1.29 is 9.53 Å². The molecule has 2 heterocycles. The molecule has 5 nitrogen and oxygen atoms in total. The van der Waals surface area contributed by atoms with Crippen LogP contribution in [0.25, 0.3) is 0 Å². The highest BCUT2D eigenvalue weighted by Gasteiger charge is 2.20. The number of rotatable bonds is 1. The average molecular weight is 179 g/mol. The van der Waals surface area contributed by atoms with E-state index >= 15 is 0 Å². The summed E-state index contributed by atoms with van der Waals surface area (Å²) in [6, 6.07) is 0. The molecule has 0 saturated carbocycles. The molecule has 1 aromatic heterocycles. The maximum Gasteiger partial charge on any atom is 0.275 e. The Labute approximate surface area is 75.4 Å². The zero-order valence-electron chi connectivity index (χ0n) is 7.01. The molecule has 0 bridgehead atoms. The van der Waals surface area contributed by atoms with Gasteiger partial charge in [-0.25, -0.2) is 4.98 Å². The molecule has 1 aliphatic heterocycles. The largest absolute Gasteiger partial charge is 0.359 e. The third-order valence-corrected chi connectivity index (χ3v) is 1.82. The summed E-state index contributed by atoms with van der Waals surface area (Å²) in [5.74, 6) is -0.120. The lowest BCUT2D eigenvalue weighted by atomic mass is 10.4. The Kier molecular flexibility index (Phi) is 2.18. The van der Waals surface area contributed by atoms with Gasteiger partial charge in [0.1, 0.15) is 12.4 Å². The maximum atomic E-state index is 11.6. The number of hydrogen-bond donors (Lipinski definition) is 0. The van der Waals surface area contributed by atoms with Gasteiger partial charge < -0.3 is 9.64 Å². The molecule has 0 unspecified atom stereocenters. The van der Waals surface area contributed by atoms with Crippen LogP contribution in [0.15, 0.2) is 18.6 Å². The van der Waals surface area contributed by atoms with E-state index in [0.717, 1.165) is 0 Å². The van der Waals surface area contributed by atoms with Crippen molar-refractivity contribution in [1.29, 1.82) is 0 Å². The molecule has 5 heteroatoms. The van der Waals surface area contributed by atoms with Crippen LogP contribution in [-0.2, 0) is 4.74 Å². The standard InChI is InChI=1S/C8H9N3O2/c12-8(11-3-4-13-6-11)7-5-9-1-2-10-7/h1-2,5H,3-4,6H2. The zero-order valence-corrected chi connectivity index (χ0v) is 7.01. The van der Waals surface area contributed by atoms with Crippen LogP contribution in [-0.4, -0.2) is 40.7 Å². The van der Waals surface area contributed by atoms with Crippen molar-refractivity contribution in [3.8, 4) is 0 Å². The van der Waals surface area contributed by atoms with Crippen LogP contribution < -0.4 is 0 Å². The topological polar surface area (TPSA) is 55.3 Å². The molecule has 13 heavy (non-hydrogen) atoms. The maximum absolute atomic E-state index is 11.6. The Morgan fingerprint density at radius 3 is 3.08 bits per heavy atom. The Bertz CT molecular complexity index is 296. The van der Waals surface area contributed by atoms with Crippen molar-refractivity contribution in [2.24, 2.45) is 0 Å². The van der Waals surface area contributed by atoms with Crippen molar-refractivity contribution >= 4 is 5.91 Å². The van der Waals surface area contributed by atoms with Crippen LogP contribution in [0.3, 0.4) is 0 Å². The van der Waals surface area contributed by atoms with Crippen molar-refractivity contribution in [1.82, 2.24) is 14.9 Å². The van der Waals surface area contributed by atoms with Gasteiger partial charge in [-0.3, -0.25) is 9.78 Å². The second-order valence-corrected chi connectivity index (χ2v) is 2.70. The number of ether oxygens (including phenoxy) is 1. The molecule has 0 radical (unpaired) electrons. The van der Waals surface area contributed by atoms with E-state index in [2.05, 4.69) is 9.97 Å². The Hall–Kier alpha value is -1.49. The molecule has 1 aliphatic rings. The van der Waals surface area contributed by atoms with Gasteiger partial charge >= 0.3 is 0 Å². The SMILES string of the molecule is O=C(c1cnccn1)N1CCOC1. The summed E-state index contributed by atoms with van der Waals surface area (Å²) < 4.78 is 5.06. The van der Waals surface area contributed by atoms with Gasteiger partial charge in [-0.05, 0) is 0 Å². The molecule has 2 rings (SSSR count). The third kappa shape index (κ3) is 1.65. The fourth-order valence-electron chi connectivity index (χ4n) is 1.15. The molecule has 0 aromatic carbocycles. The van der Waals surface area contributed by atoms with Crippen molar-refractivity contribution in [2.45, 2.75) is 0 Å². The van der Waals surface area contributed by atoms with Crippen molar-refractivity contribution in [2.75, 3.05) is 19.9 Å². The number of aromatic nitrogens is 2. The highest BCUT2D eigenvalue weighted by molar-refractivity contribution is 5.91. The Morgan fingerprint density at radius 2 is 2.46 bits per heavy atom. The first-order valence-corrected chi connectivity index (χ1v) is 4.01. The van der Waals surface area contributed by atoms with Crippen molar-refractivity contribution in [3.63, 3.8) is 0 Å². The van der Waals surface area contributed by atoms with Gasteiger partial charge in [-0.1, -0.05) is 0 Å². The minimum atomic E-state index is -0.120. The minimum absolute atomic E-state index is 0.120. The summed E-state index contributed by atoms with van der Waals surface area (Å²) in [6.07, 6.45) is 4.50. The van der Waals surface area contributed by atoms with Crippen LogP contribution >= 0.6 is 0 Å². The smallest absolute Gasteiger partial charge is 0.275 e. The van der Waals surface area contributed by atoms with Gasteiger partial charge in [-0.2, -0.15) is 0 Å². The van der Waals surface area contributed by atoms with E-state index in [-0.39, 0.29) is 5.91 Å². The third-order valence-electron chi connectivity index (χ3n) is 1.82. The predicted octanol–water partition coefficient (Wildman–Crippen LogP) is -0.0935. The summed E-state index contributed by atoms with van der Waals surface area (Å²) in [5, 5.41) is 0. The van der Waals surface area contributed by atoms with Gasteiger partial charge in [0.25, 0.3) is 5.91 Å². The van der Waals surface area contributed by atoms with Crippen LogP contribution in [0.2, 0.25) is 0 Å². The summed E-state index contributed by atoms with van der Waals surface area (Å²) in [4.78, 5) is 20.9. The second-order valence-electron chi connectivity index (χ2n) is 2.70. The number of nitrogens with zero attached hydrogens (tertiary/aromatic N) is 3. The molecule has 0 spiro atoms. The first-order valence-electron chi connectivity index (χ1n) is 4.01. The van der Waals surface area contributed by atoms with Crippen molar-refractivity contribution in [3.05, 3.63) is 24.3 Å². The summed E-state index contributed by atoms with van der Waals surface area (Å²) in [6.45, 7) is 1.59. The van der Waals surface area contributed by atoms with Gasteiger partial charge in [-0.15, -0.1) is 0 Å². The lowest BCUT2D eigenvalue weighted by Crippen LogP contribution is -2.28. The highest BCUT2D eigenvalue weighted by atomic mass is 16.5. The van der Waals surface area contributed by atoms with Gasteiger partial charge in [0.05, 0.1) is 12.8 Å². The van der Waals surface area contributed by atoms with E-state index in [9.17, 15) is 4.79 Å². The fourth-order valence-corrected chi connectivity index (χ4v) is 1.15. The number of carbonyl (C=O) groups is 1. The number of carbonyl (C=O) groups excluding carboxylic acids is 1. The summed E-state index contributed by atoms with van der Waals surface area (Å²) in [7, 11) is 0. The van der Waals surface area contributed by atoms with E-state index in [1.807, 2.05) is 0 Å². The van der Waals surface area contributed by atoms with Crippen LogP contribution in [0.5, 0.6) is 0 Å². The summed E-state index contributed by atoms with van der Waals surface area (Å²) >= 11 is 0. The number of amides is 1. The minimum Gasteiger partial charge on any atom is -0.359 e. The molecule has 1 fully saturated rings. The first kappa shape index (κ1) is 8.12. The molecule has 68 valence electrons. The van der Waals surface area contributed by atoms with E-state index < -0.39 is 0 Å². The normalized spacial score (nSPS) is 16.2. The predicted molar refractivity (Wildman–Crippen MR) is 43.9 cm³/mol. The highest BCUT2D eigenvalue weighted by Crippen LogP contribution is 2.04. The van der Waals surface area contributed by atoms with Gasteiger partial charge in [0, 0.05) is 18.9 Å². The Morgan fingerprint density at radius 1 is 1.54 bits per heavy atom. The van der Waals surface area contributed by atoms with Crippen LogP contribution in [0, 0.1) is 0 Å². The fraction of sp³-hybridized carbons (Fsp3) is 0.375. The molecule has 1 amide bonds. The van der Waals surface area contributed by atoms with E-state index in [4.69, 9.17) is 4.74 Å². The molecule has 1 aromatic rings. The number of hydrogen-bond acceptors (Lipinski definition) is 4. The molecule has 1 saturated heterocycles. The molecular formula is C8H9N3O2. The quantitative estimate of drug-likeness (QED) is 0.604. The lowest BCUT2D eigenvalue weighted by molar-refractivity contribution is 0.0689. The van der Waals surface area contributed by atoms with Crippen LogP contribution in [0.1, 0.15) is 10.5 Å². The van der Waals surface area contributed by atoms with E-state index in [1.54, 1.807) is 4.90 Å². The average Bonchev–Trinajstić information content (AvgIpc) is 2.71. The first-order chi connectivity index (χ1) is 6.38. The molecule has 0 aliphatic carbocycles. The van der Waals surface area contributed by atoms with Gasteiger partial charge in [0.2, 0.25) is 0 Å². The molecular weight excluding hydrogens is 170 g/mol. The molecule has 0 atom stereocenters. The second kappa shape index (κ2) is 3.49. The monoisotopic (exact) mass is 179 g/mol. The zero-order chi connectivity index (χ0) is 9.10. The lowest BCUT2D eigenvalue weighted by Gasteiger charge is -2.11. The van der Waals surface area contributed by atoms with Gasteiger partial charge in [0.15, 0.2) is 0 Å².